The number of nitrogens with one attached hydrogen (secondary N) is 2. The molecule has 9 heteroatoms. The predicted molar refractivity (Wildman–Crippen MR) is 124 cm³/mol. The minimum atomic E-state index is -0.315. The topological polar surface area (TPSA) is 101 Å². The maximum atomic E-state index is 13.2. The third-order valence-electron chi connectivity index (χ3n) is 5.78. The second-order valence-corrected chi connectivity index (χ2v) is 7.74. The molecule has 0 aliphatic carbocycles. The van der Waals surface area contributed by atoms with E-state index in [4.69, 9.17) is 9.47 Å². The van der Waals surface area contributed by atoms with E-state index in [0.29, 0.717) is 41.4 Å². The summed E-state index contributed by atoms with van der Waals surface area (Å²) in [5.74, 6) is 1.11. The number of ether oxygens (including phenoxy) is 2. The Bertz CT molecular complexity index is 1390. The Morgan fingerprint density at radius 3 is 2.67 bits per heavy atom. The minimum Gasteiger partial charge on any atom is -0.497 e. The number of carbonyl (C=O) groups is 1. The van der Waals surface area contributed by atoms with Crippen LogP contribution in [0.3, 0.4) is 0 Å². The number of anilines is 1. The van der Waals surface area contributed by atoms with Crippen molar-refractivity contribution in [2.24, 2.45) is 0 Å². The van der Waals surface area contributed by atoms with Crippen LogP contribution < -0.4 is 20.3 Å². The van der Waals surface area contributed by atoms with Gasteiger partial charge in [0.25, 0.3) is 5.56 Å². The van der Waals surface area contributed by atoms with Gasteiger partial charge in [0, 0.05) is 25.1 Å². The molecule has 2 aromatic carbocycles. The standard InChI is InChI=1S/C24H23N5O4/c1-32-16-8-9-19(21(12-16)33-2)26-24(31)28-11-10-18-17(14-28)23(30)29-22(25-18)13-20(27-29)15-6-4-3-5-7-15/h3-9,12-13,27H,10-11,14H2,1-2H3,(H,26,31). The molecule has 0 atom stereocenters. The zero-order valence-electron chi connectivity index (χ0n) is 18.3. The van der Waals surface area contributed by atoms with E-state index in [1.54, 1.807) is 30.2 Å². The number of nitrogens with zero attached hydrogens (tertiary/aromatic N) is 3. The number of hydrogen-bond acceptors (Lipinski definition) is 5. The minimum absolute atomic E-state index is 0.175. The highest BCUT2D eigenvalue weighted by molar-refractivity contribution is 5.91. The number of aromatic amines is 1. The van der Waals surface area contributed by atoms with Gasteiger partial charge in [-0.25, -0.2) is 14.3 Å². The molecule has 0 saturated heterocycles. The number of methoxy groups -OCH3 is 2. The smallest absolute Gasteiger partial charge is 0.322 e. The molecule has 1 aliphatic heterocycles. The Morgan fingerprint density at radius 1 is 1.09 bits per heavy atom. The van der Waals surface area contributed by atoms with Gasteiger partial charge in [-0.15, -0.1) is 0 Å². The van der Waals surface area contributed by atoms with Crippen molar-refractivity contribution in [1.29, 1.82) is 0 Å². The van der Waals surface area contributed by atoms with Gasteiger partial charge in [-0.1, -0.05) is 30.3 Å². The van der Waals surface area contributed by atoms with E-state index in [2.05, 4.69) is 15.4 Å². The normalized spacial score (nSPS) is 13.0. The van der Waals surface area contributed by atoms with Gasteiger partial charge < -0.3 is 19.7 Å². The molecule has 4 aromatic rings. The summed E-state index contributed by atoms with van der Waals surface area (Å²) in [6.07, 6.45) is 0.500. The van der Waals surface area contributed by atoms with Crippen molar-refractivity contribution < 1.29 is 14.3 Å². The Labute approximate surface area is 189 Å². The highest BCUT2D eigenvalue weighted by atomic mass is 16.5. The Balaban J connectivity index is 1.41. The first-order valence-electron chi connectivity index (χ1n) is 10.5. The maximum absolute atomic E-state index is 13.2. The van der Waals surface area contributed by atoms with E-state index >= 15 is 0 Å². The Hall–Kier alpha value is -4.27. The molecule has 9 nitrogen and oxygen atoms in total. The van der Waals surface area contributed by atoms with E-state index in [9.17, 15) is 9.59 Å². The second-order valence-electron chi connectivity index (χ2n) is 7.74. The summed E-state index contributed by atoms with van der Waals surface area (Å²) in [5.41, 5.74) is 3.91. The highest BCUT2D eigenvalue weighted by Crippen LogP contribution is 2.29. The van der Waals surface area contributed by atoms with Crippen molar-refractivity contribution in [1.82, 2.24) is 19.5 Å². The van der Waals surface area contributed by atoms with Crippen LogP contribution in [0, 0.1) is 0 Å². The number of rotatable bonds is 4. The molecule has 168 valence electrons. The molecule has 3 heterocycles. The number of aromatic nitrogens is 3. The molecule has 2 amide bonds. The number of fused-ring (bicyclic) bond motifs is 2. The van der Waals surface area contributed by atoms with Crippen LogP contribution in [-0.2, 0) is 13.0 Å². The summed E-state index contributed by atoms with van der Waals surface area (Å²) >= 11 is 0. The van der Waals surface area contributed by atoms with Gasteiger partial charge in [0.15, 0.2) is 5.65 Å². The molecule has 0 fully saturated rings. The van der Waals surface area contributed by atoms with E-state index in [-0.39, 0.29) is 18.1 Å². The highest BCUT2D eigenvalue weighted by Gasteiger charge is 2.26. The number of amides is 2. The second kappa shape index (κ2) is 8.34. The van der Waals surface area contributed by atoms with Crippen LogP contribution in [0.15, 0.2) is 59.4 Å². The first-order chi connectivity index (χ1) is 16.1. The first-order valence-corrected chi connectivity index (χ1v) is 10.5. The van der Waals surface area contributed by atoms with E-state index < -0.39 is 0 Å². The van der Waals surface area contributed by atoms with Crippen LogP contribution in [0.4, 0.5) is 10.5 Å². The molecule has 0 bridgehead atoms. The van der Waals surface area contributed by atoms with E-state index in [1.165, 1.54) is 11.6 Å². The number of H-pyrrole nitrogens is 1. The monoisotopic (exact) mass is 445 g/mol. The molecule has 2 aromatic heterocycles. The van der Waals surface area contributed by atoms with Crippen LogP contribution in [-0.4, -0.2) is 46.3 Å². The molecule has 2 N–H and O–H groups in total. The lowest BCUT2D eigenvalue weighted by Crippen LogP contribution is -2.42. The maximum Gasteiger partial charge on any atom is 0.322 e. The summed E-state index contributed by atoms with van der Waals surface area (Å²) in [4.78, 5) is 32.5. The molecular weight excluding hydrogens is 422 g/mol. The van der Waals surface area contributed by atoms with Gasteiger partial charge in [-0.05, 0) is 17.7 Å². The van der Waals surface area contributed by atoms with Crippen molar-refractivity contribution in [3.05, 3.63) is 76.2 Å². The fraction of sp³-hybridized carbons (Fsp3) is 0.208. The van der Waals surface area contributed by atoms with Crippen molar-refractivity contribution in [3.8, 4) is 22.8 Å². The molecule has 0 saturated carbocycles. The molecule has 5 rings (SSSR count). The van der Waals surface area contributed by atoms with Gasteiger partial charge >= 0.3 is 6.03 Å². The summed E-state index contributed by atoms with van der Waals surface area (Å²) in [6, 6.07) is 16.5. The van der Waals surface area contributed by atoms with Gasteiger partial charge in [0.2, 0.25) is 0 Å². The average molecular weight is 445 g/mol. The Morgan fingerprint density at radius 2 is 1.91 bits per heavy atom. The van der Waals surface area contributed by atoms with Crippen molar-refractivity contribution >= 4 is 17.4 Å². The van der Waals surface area contributed by atoms with Crippen LogP contribution in [0.1, 0.15) is 11.3 Å². The number of hydrogen-bond donors (Lipinski definition) is 2. The van der Waals surface area contributed by atoms with Gasteiger partial charge in [-0.3, -0.25) is 9.89 Å². The zero-order chi connectivity index (χ0) is 22.9. The zero-order valence-corrected chi connectivity index (χ0v) is 18.3. The quantitative estimate of drug-likeness (QED) is 0.502. The number of urea groups is 1. The lowest BCUT2D eigenvalue weighted by Gasteiger charge is -2.28. The molecular formula is C24H23N5O4. The average Bonchev–Trinajstić information content (AvgIpc) is 3.29. The summed E-state index contributed by atoms with van der Waals surface area (Å²) in [5, 5.41) is 6.00. The number of benzene rings is 2. The van der Waals surface area contributed by atoms with Crippen LogP contribution in [0.5, 0.6) is 11.5 Å². The van der Waals surface area contributed by atoms with Gasteiger partial charge in [0.1, 0.15) is 11.5 Å². The Kier molecular flexibility index (Phi) is 5.21. The largest absolute Gasteiger partial charge is 0.497 e. The summed E-state index contributed by atoms with van der Waals surface area (Å²) in [6.45, 7) is 0.629. The molecule has 0 radical (unpaired) electrons. The van der Waals surface area contributed by atoms with Crippen molar-refractivity contribution in [2.75, 3.05) is 26.1 Å². The summed E-state index contributed by atoms with van der Waals surface area (Å²) < 4.78 is 12.0. The number of carbonyl (C=O) groups excluding carboxylic acids is 1. The first kappa shape index (κ1) is 20.6. The van der Waals surface area contributed by atoms with Crippen molar-refractivity contribution in [3.63, 3.8) is 0 Å². The summed E-state index contributed by atoms with van der Waals surface area (Å²) in [7, 11) is 3.09. The third-order valence-corrected chi connectivity index (χ3v) is 5.78. The molecule has 0 unspecified atom stereocenters. The fourth-order valence-electron chi connectivity index (χ4n) is 4.02. The lowest BCUT2D eigenvalue weighted by molar-refractivity contribution is 0.205. The van der Waals surface area contributed by atoms with E-state index in [1.807, 2.05) is 36.4 Å². The van der Waals surface area contributed by atoms with Crippen LogP contribution in [0.25, 0.3) is 16.9 Å². The molecule has 1 aliphatic rings. The SMILES string of the molecule is COc1ccc(NC(=O)N2CCc3nc4cc(-c5ccccc5)[nH]n4c(=O)c3C2)c(OC)c1. The lowest BCUT2D eigenvalue weighted by atomic mass is 10.1. The molecule has 0 spiro atoms. The predicted octanol–water partition coefficient (Wildman–Crippen LogP) is 3.30. The molecule has 33 heavy (non-hydrogen) atoms. The van der Waals surface area contributed by atoms with Gasteiger partial charge in [0.05, 0.1) is 43.4 Å². The van der Waals surface area contributed by atoms with Crippen molar-refractivity contribution in [2.45, 2.75) is 13.0 Å². The van der Waals surface area contributed by atoms with Crippen LogP contribution in [0.2, 0.25) is 0 Å². The third kappa shape index (κ3) is 3.78. The fourth-order valence-corrected chi connectivity index (χ4v) is 4.02. The van der Waals surface area contributed by atoms with E-state index in [0.717, 1.165) is 17.0 Å². The van der Waals surface area contributed by atoms with Crippen LogP contribution >= 0.6 is 0 Å². The van der Waals surface area contributed by atoms with Gasteiger partial charge in [-0.2, -0.15) is 0 Å².